The zero-order chi connectivity index (χ0) is 18.3. The van der Waals surface area contributed by atoms with Gasteiger partial charge in [-0.25, -0.2) is 0 Å². The minimum absolute atomic E-state index is 0.0806. The largest absolute Gasteiger partial charge is 0.383 e. The first kappa shape index (κ1) is 16.8. The lowest BCUT2D eigenvalue weighted by Gasteiger charge is -2.21. The molecule has 1 aliphatic rings. The molecule has 4 rings (SSSR count). The van der Waals surface area contributed by atoms with E-state index in [9.17, 15) is 4.79 Å². The number of likely N-dealkylation sites (N-methyl/N-ethyl adjacent to an activating group) is 1. The van der Waals surface area contributed by atoms with E-state index in [1.165, 1.54) is 0 Å². The fraction of sp³-hybridized carbons (Fsp3) is 0.333. The van der Waals surface area contributed by atoms with Crippen LogP contribution in [-0.2, 0) is 7.05 Å². The predicted molar refractivity (Wildman–Crippen MR) is 106 cm³/mol. The maximum Gasteiger partial charge on any atom is 0.196 e. The van der Waals surface area contributed by atoms with Gasteiger partial charge in [0.15, 0.2) is 5.78 Å². The predicted octanol–water partition coefficient (Wildman–Crippen LogP) is 3.54. The molecule has 1 N–H and O–H groups in total. The molecule has 1 aromatic heterocycles. The average Bonchev–Trinajstić information content (AvgIpc) is 3.01. The van der Waals surface area contributed by atoms with Gasteiger partial charge in [-0.1, -0.05) is 38.1 Å². The van der Waals surface area contributed by atoms with E-state index in [0.717, 1.165) is 65.2 Å². The van der Waals surface area contributed by atoms with E-state index >= 15 is 0 Å². The summed E-state index contributed by atoms with van der Waals surface area (Å²) in [6, 6.07) is 11.8. The summed E-state index contributed by atoms with van der Waals surface area (Å²) in [7, 11) is 1.93. The molecule has 1 aliphatic carbocycles. The molecule has 0 radical (unpaired) electrons. The summed E-state index contributed by atoms with van der Waals surface area (Å²) in [6.45, 7) is 8.16. The maximum absolute atomic E-state index is 13.2. The Kier molecular flexibility index (Phi) is 4.24. The lowest BCUT2D eigenvalue weighted by molar-refractivity contribution is 0.104. The minimum Gasteiger partial charge on any atom is -0.383 e. The van der Waals surface area contributed by atoms with Crippen LogP contribution in [0.25, 0.3) is 22.2 Å². The topological polar surface area (TPSA) is 50.2 Å². The number of fused-ring (bicyclic) bond motifs is 2. The molecule has 26 heavy (non-hydrogen) atoms. The molecule has 1 heterocycles. The van der Waals surface area contributed by atoms with E-state index in [2.05, 4.69) is 24.1 Å². The Morgan fingerprint density at radius 2 is 1.81 bits per heavy atom. The normalized spacial score (nSPS) is 12.7. The third kappa shape index (κ3) is 2.51. The van der Waals surface area contributed by atoms with Gasteiger partial charge in [0.05, 0.1) is 11.1 Å². The molecule has 2 aromatic carbocycles. The fourth-order valence-corrected chi connectivity index (χ4v) is 3.86. The molecular formula is C21H24N4O. The Labute approximate surface area is 153 Å². The van der Waals surface area contributed by atoms with Crippen LogP contribution in [0.2, 0.25) is 0 Å². The molecule has 0 spiro atoms. The van der Waals surface area contributed by atoms with E-state index in [4.69, 9.17) is 5.10 Å². The highest BCUT2D eigenvalue weighted by molar-refractivity contribution is 6.27. The smallest absolute Gasteiger partial charge is 0.196 e. The van der Waals surface area contributed by atoms with Crippen LogP contribution in [-0.4, -0.2) is 46.6 Å². The van der Waals surface area contributed by atoms with Gasteiger partial charge >= 0.3 is 0 Å². The Hall–Kier alpha value is -2.66. The number of benzene rings is 2. The highest BCUT2D eigenvalue weighted by Crippen LogP contribution is 2.41. The first-order valence-electron chi connectivity index (χ1n) is 9.25. The van der Waals surface area contributed by atoms with Crippen LogP contribution < -0.4 is 5.32 Å². The summed E-state index contributed by atoms with van der Waals surface area (Å²) in [6.07, 6.45) is 0. The Morgan fingerprint density at radius 1 is 1.08 bits per heavy atom. The zero-order valence-electron chi connectivity index (χ0n) is 15.5. The highest BCUT2D eigenvalue weighted by atomic mass is 16.1. The Balaban J connectivity index is 1.75. The van der Waals surface area contributed by atoms with E-state index in [1.807, 2.05) is 48.1 Å². The van der Waals surface area contributed by atoms with Crippen molar-refractivity contribution in [3.63, 3.8) is 0 Å². The second kappa shape index (κ2) is 6.57. The summed E-state index contributed by atoms with van der Waals surface area (Å²) in [5.41, 5.74) is 5.21. The lowest BCUT2D eigenvalue weighted by Crippen LogP contribution is -2.29. The summed E-state index contributed by atoms with van der Waals surface area (Å²) < 4.78 is 1.86. The quantitative estimate of drug-likeness (QED) is 0.579. The van der Waals surface area contributed by atoms with Crippen LogP contribution in [0.4, 0.5) is 5.69 Å². The molecule has 0 fully saturated rings. The third-order valence-electron chi connectivity index (χ3n) is 5.31. The first-order valence-corrected chi connectivity index (χ1v) is 9.25. The van der Waals surface area contributed by atoms with Crippen molar-refractivity contribution < 1.29 is 4.79 Å². The molecule has 0 unspecified atom stereocenters. The Morgan fingerprint density at radius 3 is 2.58 bits per heavy atom. The number of aryl methyl sites for hydroxylation is 1. The summed E-state index contributed by atoms with van der Waals surface area (Å²) in [4.78, 5) is 15.6. The van der Waals surface area contributed by atoms with Crippen molar-refractivity contribution in [2.45, 2.75) is 13.8 Å². The summed E-state index contributed by atoms with van der Waals surface area (Å²) in [5, 5.41) is 9.14. The van der Waals surface area contributed by atoms with E-state index in [1.54, 1.807) is 0 Å². The van der Waals surface area contributed by atoms with Crippen LogP contribution in [0.1, 0.15) is 29.8 Å². The number of carbonyl (C=O) groups is 1. The molecule has 0 atom stereocenters. The van der Waals surface area contributed by atoms with Gasteiger partial charge < -0.3 is 10.2 Å². The number of aromatic nitrogens is 2. The van der Waals surface area contributed by atoms with Crippen LogP contribution in [0.15, 0.2) is 36.4 Å². The van der Waals surface area contributed by atoms with Crippen LogP contribution in [0.5, 0.6) is 0 Å². The number of nitrogens with zero attached hydrogens (tertiary/aromatic N) is 3. The lowest BCUT2D eigenvalue weighted by atomic mass is 9.86. The molecular weight excluding hydrogens is 324 g/mol. The van der Waals surface area contributed by atoms with Gasteiger partial charge in [-0.15, -0.1) is 0 Å². The van der Waals surface area contributed by atoms with Gasteiger partial charge in [-0.05, 0) is 25.2 Å². The second-order valence-corrected chi connectivity index (χ2v) is 6.68. The number of hydrogen-bond donors (Lipinski definition) is 1. The monoisotopic (exact) mass is 348 g/mol. The van der Waals surface area contributed by atoms with Crippen molar-refractivity contribution >= 4 is 22.4 Å². The van der Waals surface area contributed by atoms with Gasteiger partial charge in [0.2, 0.25) is 0 Å². The number of ketones is 1. The molecule has 0 amide bonds. The molecule has 0 bridgehead atoms. The van der Waals surface area contributed by atoms with Crippen molar-refractivity contribution in [3.05, 3.63) is 47.5 Å². The third-order valence-corrected chi connectivity index (χ3v) is 5.31. The minimum atomic E-state index is 0.0806. The molecule has 134 valence electrons. The molecule has 0 saturated carbocycles. The number of carbonyl (C=O) groups excluding carboxylic acids is 1. The van der Waals surface area contributed by atoms with E-state index in [-0.39, 0.29) is 5.78 Å². The van der Waals surface area contributed by atoms with Crippen LogP contribution >= 0.6 is 0 Å². The van der Waals surface area contributed by atoms with Crippen molar-refractivity contribution in [2.24, 2.45) is 7.05 Å². The number of anilines is 1. The number of nitrogens with one attached hydrogen (secondary N) is 1. The molecule has 0 saturated heterocycles. The number of hydrogen-bond acceptors (Lipinski definition) is 4. The van der Waals surface area contributed by atoms with Crippen LogP contribution in [0.3, 0.4) is 0 Å². The molecule has 5 heteroatoms. The van der Waals surface area contributed by atoms with Crippen molar-refractivity contribution in [2.75, 3.05) is 31.5 Å². The van der Waals surface area contributed by atoms with Gasteiger partial charge in [-0.3, -0.25) is 9.48 Å². The van der Waals surface area contributed by atoms with Crippen LogP contribution in [0, 0.1) is 0 Å². The van der Waals surface area contributed by atoms with E-state index in [0.29, 0.717) is 0 Å². The summed E-state index contributed by atoms with van der Waals surface area (Å²) in [5.74, 6) is 0.0806. The van der Waals surface area contributed by atoms with E-state index < -0.39 is 0 Å². The second-order valence-electron chi connectivity index (χ2n) is 6.68. The highest BCUT2D eigenvalue weighted by Gasteiger charge is 2.30. The van der Waals surface area contributed by atoms with Gasteiger partial charge in [-0.2, -0.15) is 5.10 Å². The van der Waals surface area contributed by atoms with Gasteiger partial charge in [0, 0.05) is 42.3 Å². The average molecular weight is 348 g/mol. The number of rotatable bonds is 6. The maximum atomic E-state index is 13.2. The standard InChI is InChI=1S/C21H24N4O/c1-4-25(5-2)13-12-22-16-10-6-8-14-18(16)21(26)15-9-7-11-17-19(15)20(14)23-24(17)3/h6-11,22H,4-5,12-13H2,1-3H3. The van der Waals surface area contributed by atoms with Crippen molar-refractivity contribution in [1.29, 1.82) is 0 Å². The molecule has 0 aliphatic heterocycles. The van der Waals surface area contributed by atoms with Crippen molar-refractivity contribution in [3.8, 4) is 11.3 Å². The fourth-order valence-electron chi connectivity index (χ4n) is 3.86. The SMILES string of the molecule is CCN(CC)CCNc1cccc2c1C(=O)c1cccc3c1c-2nn3C. The molecule has 5 nitrogen and oxygen atoms in total. The van der Waals surface area contributed by atoms with Gasteiger partial charge in [0.25, 0.3) is 0 Å². The molecule has 3 aromatic rings. The van der Waals surface area contributed by atoms with Gasteiger partial charge in [0.1, 0.15) is 5.69 Å². The Bertz CT molecular complexity index is 985. The zero-order valence-corrected chi connectivity index (χ0v) is 15.5. The first-order chi connectivity index (χ1) is 12.7. The summed E-state index contributed by atoms with van der Waals surface area (Å²) >= 11 is 0. The van der Waals surface area contributed by atoms with Crippen molar-refractivity contribution in [1.82, 2.24) is 14.7 Å².